The van der Waals surface area contributed by atoms with Crippen LogP contribution in [0.5, 0.6) is 0 Å². The predicted octanol–water partition coefficient (Wildman–Crippen LogP) is 1.36. The van der Waals surface area contributed by atoms with Crippen molar-refractivity contribution in [3.05, 3.63) is 0 Å². The highest BCUT2D eigenvalue weighted by molar-refractivity contribution is 7.89. The molecule has 0 aliphatic heterocycles. The molecule has 0 fully saturated rings. The van der Waals surface area contributed by atoms with Crippen LogP contribution in [0, 0.1) is 5.92 Å². The van der Waals surface area contributed by atoms with Gasteiger partial charge in [0.1, 0.15) is 6.04 Å². The fourth-order valence-electron chi connectivity index (χ4n) is 1.15. The monoisotopic (exact) mass is 291 g/mol. The van der Waals surface area contributed by atoms with Gasteiger partial charge in [-0.15, -0.1) is 0 Å². The number of alkyl halides is 3. The fraction of sp³-hybridized carbons (Fsp3) is 0.889. The average molecular weight is 291 g/mol. The van der Waals surface area contributed by atoms with E-state index in [1.165, 1.54) is 6.92 Å². The first-order valence-electron chi connectivity index (χ1n) is 5.28. The molecule has 0 aliphatic rings. The minimum Gasteiger partial charge on any atom is -0.480 e. The molecular formula is C9H16F3NO4S. The number of carboxylic acid groups (broad SMARTS) is 1. The molecule has 0 aromatic heterocycles. The number of nitrogens with one attached hydrogen (secondary N) is 1. The van der Waals surface area contributed by atoms with Gasteiger partial charge in [0.15, 0.2) is 0 Å². The Balaban J connectivity index is 4.67. The molecule has 0 spiro atoms. The maximum Gasteiger partial charge on any atom is 0.390 e. The molecule has 0 saturated carbocycles. The highest BCUT2D eigenvalue weighted by Gasteiger charge is 2.33. The summed E-state index contributed by atoms with van der Waals surface area (Å²) in [5.41, 5.74) is 0. The first-order chi connectivity index (χ1) is 7.98. The molecule has 2 atom stereocenters. The Morgan fingerprint density at radius 1 is 1.39 bits per heavy atom. The number of hydrogen-bond acceptors (Lipinski definition) is 3. The Morgan fingerprint density at radius 3 is 2.22 bits per heavy atom. The molecule has 0 bridgehead atoms. The van der Waals surface area contributed by atoms with Crippen LogP contribution in [-0.4, -0.2) is 37.5 Å². The molecule has 0 aromatic rings. The molecule has 108 valence electrons. The Kier molecular flexibility index (Phi) is 6.08. The summed E-state index contributed by atoms with van der Waals surface area (Å²) in [6, 6.07) is -1.41. The van der Waals surface area contributed by atoms with Gasteiger partial charge >= 0.3 is 12.1 Å². The molecule has 0 amide bonds. The molecule has 0 unspecified atom stereocenters. The highest BCUT2D eigenvalue weighted by Crippen LogP contribution is 2.20. The zero-order valence-electron chi connectivity index (χ0n) is 9.99. The lowest BCUT2D eigenvalue weighted by Crippen LogP contribution is -2.46. The van der Waals surface area contributed by atoms with Crippen molar-refractivity contribution in [1.29, 1.82) is 0 Å². The average Bonchev–Trinajstić information content (AvgIpc) is 2.21. The summed E-state index contributed by atoms with van der Waals surface area (Å²) in [5.74, 6) is -3.08. The minimum atomic E-state index is -4.59. The van der Waals surface area contributed by atoms with E-state index in [2.05, 4.69) is 0 Å². The molecule has 2 N–H and O–H groups in total. The van der Waals surface area contributed by atoms with Gasteiger partial charge in [-0.25, -0.2) is 13.1 Å². The van der Waals surface area contributed by atoms with Crippen LogP contribution in [-0.2, 0) is 14.8 Å². The van der Waals surface area contributed by atoms with Crippen LogP contribution < -0.4 is 4.72 Å². The van der Waals surface area contributed by atoms with Crippen molar-refractivity contribution < 1.29 is 31.5 Å². The lowest BCUT2D eigenvalue weighted by molar-refractivity contribution is -0.140. The number of carbonyl (C=O) groups is 1. The summed E-state index contributed by atoms with van der Waals surface area (Å²) in [4.78, 5) is 10.8. The molecule has 0 heterocycles. The molecule has 0 aromatic carbocycles. The summed E-state index contributed by atoms with van der Waals surface area (Å²) < 4.78 is 60.2. The number of halogens is 3. The fourth-order valence-corrected chi connectivity index (χ4v) is 2.49. The van der Waals surface area contributed by atoms with Crippen molar-refractivity contribution in [3.8, 4) is 0 Å². The molecule has 0 radical (unpaired) electrons. The Hall–Kier alpha value is -0.830. The van der Waals surface area contributed by atoms with Gasteiger partial charge in [0, 0.05) is 0 Å². The lowest BCUT2D eigenvalue weighted by Gasteiger charge is -2.20. The van der Waals surface area contributed by atoms with Crippen molar-refractivity contribution >= 4 is 16.0 Å². The van der Waals surface area contributed by atoms with Crippen molar-refractivity contribution in [3.63, 3.8) is 0 Å². The summed E-state index contributed by atoms with van der Waals surface area (Å²) >= 11 is 0. The molecular weight excluding hydrogens is 275 g/mol. The van der Waals surface area contributed by atoms with E-state index in [1.807, 2.05) is 0 Å². The normalized spacial score (nSPS) is 16.3. The number of hydrogen-bond donors (Lipinski definition) is 2. The van der Waals surface area contributed by atoms with Gasteiger partial charge in [-0.05, 0) is 5.92 Å². The summed E-state index contributed by atoms with van der Waals surface area (Å²) in [6.45, 7) is 3.16. The maximum absolute atomic E-state index is 11.9. The third-order valence-corrected chi connectivity index (χ3v) is 3.79. The Bertz CT molecular complexity index is 380. The predicted molar refractivity (Wildman–Crippen MR) is 58.5 cm³/mol. The van der Waals surface area contributed by atoms with Gasteiger partial charge in [-0.2, -0.15) is 13.2 Å². The smallest absolute Gasteiger partial charge is 0.390 e. The van der Waals surface area contributed by atoms with E-state index in [9.17, 15) is 26.4 Å². The van der Waals surface area contributed by atoms with Crippen molar-refractivity contribution in [2.45, 2.75) is 38.9 Å². The van der Waals surface area contributed by atoms with Crippen LogP contribution in [0.1, 0.15) is 26.7 Å². The lowest BCUT2D eigenvalue weighted by atomic mass is 10.0. The molecule has 0 aliphatic carbocycles. The summed E-state index contributed by atoms with van der Waals surface area (Å²) in [7, 11) is -4.26. The van der Waals surface area contributed by atoms with Crippen LogP contribution in [0.3, 0.4) is 0 Å². The molecule has 9 heteroatoms. The van der Waals surface area contributed by atoms with E-state index in [-0.39, 0.29) is 0 Å². The van der Waals surface area contributed by atoms with Crippen molar-refractivity contribution in [2.75, 3.05) is 5.75 Å². The maximum atomic E-state index is 11.9. The number of rotatable bonds is 7. The van der Waals surface area contributed by atoms with Gasteiger partial charge < -0.3 is 5.11 Å². The third-order valence-electron chi connectivity index (χ3n) is 2.44. The van der Waals surface area contributed by atoms with E-state index in [1.54, 1.807) is 11.6 Å². The SMILES string of the molecule is CC[C@H](C)[C@H](NS(=O)(=O)CCC(F)(F)F)C(=O)O. The number of sulfonamides is 1. The van der Waals surface area contributed by atoms with E-state index < -0.39 is 46.3 Å². The van der Waals surface area contributed by atoms with Crippen molar-refractivity contribution in [2.24, 2.45) is 5.92 Å². The van der Waals surface area contributed by atoms with E-state index in [0.717, 1.165) is 0 Å². The van der Waals surface area contributed by atoms with Crippen LogP contribution in [0.15, 0.2) is 0 Å². The number of carboxylic acids is 1. The standard InChI is InChI=1S/C9H16F3NO4S/c1-3-6(2)7(8(14)15)13-18(16,17)5-4-9(10,11)12/h6-7,13H,3-5H2,1-2H3,(H,14,15)/t6-,7-/m0/s1. The largest absolute Gasteiger partial charge is 0.480 e. The quantitative estimate of drug-likeness (QED) is 0.742. The first kappa shape index (κ1) is 17.2. The molecule has 5 nitrogen and oxygen atoms in total. The molecule has 0 saturated heterocycles. The second-order valence-electron chi connectivity index (χ2n) is 4.00. The topological polar surface area (TPSA) is 83.5 Å². The highest BCUT2D eigenvalue weighted by atomic mass is 32.2. The van der Waals surface area contributed by atoms with Crippen LogP contribution >= 0.6 is 0 Å². The van der Waals surface area contributed by atoms with E-state index >= 15 is 0 Å². The zero-order chi connectivity index (χ0) is 14.6. The van der Waals surface area contributed by atoms with Crippen LogP contribution in [0.2, 0.25) is 0 Å². The van der Waals surface area contributed by atoms with Crippen LogP contribution in [0.4, 0.5) is 13.2 Å². The number of aliphatic carboxylic acids is 1. The summed E-state index contributed by atoms with van der Waals surface area (Å²) in [5, 5.41) is 8.82. The third kappa shape index (κ3) is 6.80. The summed E-state index contributed by atoms with van der Waals surface area (Å²) in [6.07, 6.45) is -5.71. The van der Waals surface area contributed by atoms with Gasteiger partial charge in [0.05, 0.1) is 12.2 Å². The first-order valence-corrected chi connectivity index (χ1v) is 6.93. The molecule has 0 rings (SSSR count). The van der Waals surface area contributed by atoms with E-state index in [0.29, 0.717) is 6.42 Å². The second kappa shape index (κ2) is 6.37. The molecule has 18 heavy (non-hydrogen) atoms. The van der Waals surface area contributed by atoms with E-state index in [4.69, 9.17) is 5.11 Å². The van der Waals surface area contributed by atoms with Crippen LogP contribution in [0.25, 0.3) is 0 Å². The second-order valence-corrected chi connectivity index (χ2v) is 5.88. The van der Waals surface area contributed by atoms with Crippen molar-refractivity contribution in [1.82, 2.24) is 4.72 Å². The van der Waals surface area contributed by atoms with Gasteiger partial charge in [-0.1, -0.05) is 20.3 Å². The Morgan fingerprint density at radius 2 is 1.89 bits per heavy atom. The zero-order valence-corrected chi connectivity index (χ0v) is 10.8. The Labute approximate surface area is 103 Å². The van der Waals surface area contributed by atoms with Gasteiger partial charge in [0.25, 0.3) is 0 Å². The van der Waals surface area contributed by atoms with Gasteiger partial charge in [-0.3, -0.25) is 4.79 Å². The minimum absolute atomic E-state index is 0.388. The van der Waals surface area contributed by atoms with Gasteiger partial charge in [0.2, 0.25) is 10.0 Å².